The van der Waals surface area contributed by atoms with Crippen LogP contribution in [0.3, 0.4) is 0 Å². The molecule has 0 radical (unpaired) electrons. The van der Waals surface area contributed by atoms with Gasteiger partial charge in [0.25, 0.3) is 0 Å². The van der Waals surface area contributed by atoms with Crippen LogP contribution in [-0.2, 0) is 20.8 Å². The predicted molar refractivity (Wildman–Crippen MR) is 260 cm³/mol. The fourth-order valence-corrected chi connectivity index (χ4v) is 11.0. The Morgan fingerprint density at radius 3 is 2.50 bits per heavy atom. The second-order valence-electron chi connectivity index (χ2n) is 19.1. The van der Waals surface area contributed by atoms with E-state index in [1.54, 1.807) is 41.8 Å². The number of aliphatic hydroxyl groups excluding tert-OH is 1. The molecule has 5 atom stereocenters. The lowest BCUT2D eigenvalue weighted by atomic mass is 10.0. The Balaban J connectivity index is 1.02. The average Bonchev–Trinajstić information content (AvgIpc) is 3.91. The van der Waals surface area contributed by atoms with Crippen LogP contribution >= 0.6 is 11.3 Å². The number of methoxy groups -OCH3 is 2. The maximum atomic E-state index is 16.9. The first-order valence-corrected chi connectivity index (χ1v) is 24.8. The van der Waals surface area contributed by atoms with Gasteiger partial charge in [-0.3, -0.25) is 19.6 Å². The molecule has 15 nitrogen and oxygen atoms in total. The summed E-state index contributed by atoms with van der Waals surface area (Å²) in [6, 6.07) is 14.9. The molecule has 0 bridgehead atoms. The number of unbranched alkanes of at least 4 members (excludes halogenated alkanes) is 1. The van der Waals surface area contributed by atoms with Gasteiger partial charge >= 0.3 is 6.09 Å². The molecule has 68 heavy (non-hydrogen) atoms. The van der Waals surface area contributed by atoms with Crippen LogP contribution in [0.5, 0.6) is 5.75 Å². The minimum Gasteiger partial charge on any atom is -0.464 e. The van der Waals surface area contributed by atoms with Crippen molar-refractivity contribution in [1.29, 1.82) is 0 Å². The molecule has 5 N–H and O–H groups in total. The number of alkyl carbamates (subject to hydrolysis) is 1. The number of carbonyl (C=O) groups is 2. The van der Waals surface area contributed by atoms with Crippen LogP contribution in [0, 0.1) is 17.7 Å². The van der Waals surface area contributed by atoms with Crippen molar-refractivity contribution in [2.45, 2.75) is 116 Å². The predicted octanol–water partition coefficient (Wildman–Crippen LogP) is 9.29. The number of halogens is 1. The first kappa shape index (κ1) is 47.5. The van der Waals surface area contributed by atoms with Gasteiger partial charge in [-0.1, -0.05) is 47.1 Å². The largest absolute Gasteiger partial charge is 0.464 e. The number of carbonyl (C=O) groups excluding carboxylic acids is 2. The third-order valence-electron chi connectivity index (χ3n) is 13.6. The van der Waals surface area contributed by atoms with Crippen molar-refractivity contribution in [2.75, 3.05) is 34.0 Å². The van der Waals surface area contributed by atoms with E-state index in [0.29, 0.717) is 53.3 Å². The van der Waals surface area contributed by atoms with Crippen molar-refractivity contribution in [3.63, 3.8) is 0 Å². The summed E-state index contributed by atoms with van der Waals surface area (Å²) in [5.74, 6) is 1.76. The minimum atomic E-state index is -0.749. The van der Waals surface area contributed by atoms with Gasteiger partial charge in [0.1, 0.15) is 35.5 Å². The zero-order valence-electron chi connectivity index (χ0n) is 40.0. The molecule has 6 aromatic rings. The van der Waals surface area contributed by atoms with Gasteiger partial charge in [-0.05, 0) is 92.3 Å². The van der Waals surface area contributed by atoms with E-state index in [2.05, 4.69) is 69.0 Å². The summed E-state index contributed by atoms with van der Waals surface area (Å²) in [4.78, 5) is 48.6. The van der Waals surface area contributed by atoms with Gasteiger partial charge in [0.15, 0.2) is 0 Å². The molecule has 2 fully saturated rings. The second-order valence-corrected chi connectivity index (χ2v) is 20.2. The number of fused-ring (bicyclic) bond motifs is 5. The molecule has 6 heterocycles. The first-order chi connectivity index (χ1) is 32.9. The van der Waals surface area contributed by atoms with E-state index >= 15 is 4.39 Å². The smallest absolute Gasteiger partial charge is 0.407 e. The van der Waals surface area contributed by atoms with Crippen LogP contribution in [0.25, 0.3) is 44.7 Å². The molecule has 362 valence electrons. The SMILES string of the molecule is CCCCN(Cc1ncc(-c2ccc3c(c2)cc2n3C(c3ccc(C4CC4)s3)Oc3cc(-c4cnc(C5CCCN5C(O)C(NCOC)C(C)C)[nH]4)cc(F)c3-2)[nH]1)C(=O)C(NC(=O)OC)C(C)C. The van der Waals surface area contributed by atoms with Crippen LogP contribution in [0.1, 0.15) is 113 Å². The zero-order valence-corrected chi connectivity index (χ0v) is 40.8. The molecule has 1 aliphatic carbocycles. The van der Waals surface area contributed by atoms with Gasteiger partial charge < -0.3 is 39.5 Å². The highest BCUT2D eigenvalue weighted by Crippen LogP contribution is 2.50. The molecule has 17 heteroatoms. The fraction of sp³-hybridized carbons (Fsp3) is 0.490. The number of thiophene rings is 1. The number of imidazole rings is 2. The fourth-order valence-electron chi connectivity index (χ4n) is 9.78. The highest BCUT2D eigenvalue weighted by atomic mass is 32.1. The Morgan fingerprint density at radius 1 is 0.985 bits per heavy atom. The number of ether oxygens (including phenoxy) is 3. The van der Waals surface area contributed by atoms with Gasteiger partial charge in [0, 0.05) is 41.6 Å². The zero-order chi connectivity index (χ0) is 47.8. The van der Waals surface area contributed by atoms with Crippen LogP contribution in [-0.4, -0.2) is 104 Å². The Kier molecular flexibility index (Phi) is 14.1. The monoisotopic (exact) mass is 949 g/mol. The maximum absolute atomic E-state index is 16.9. The molecule has 0 spiro atoms. The molecule has 4 aromatic heterocycles. The van der Waals surface area contributed by atoms with Crippen molar-refractivity contribution in [3.8, 4) is 39.5 Å². The van der Waals surface area contributed by atoms with E-state index in [4.69, 9.17) is 24.2 Å². The average molecular weight is 950 g/mol. The number of rotatable bonds is 19. The van der Waals surface area contributed by atoms with Crippen molar-refractivity contribution < 1.29 is 33.3 Å². The quantitative estimate of drug-likeness (QED) is 0.0493. The number of aromatic nitrogens is 5. The molecule has 5 unspecified atom stereocenters. The number of hydrogen-bond donors (Lipinski definition) is 5. The van der Waals surface area contributed by atoms with Crippen LogP contribution in [0.2, 0.25) is 0 Å². The molecular formula is C51H64FN9O6S. The molecule has 2 aliphatic heterocycles. The van der Waals surface area contributed by atoms with Crippen LogP contribution < -0.4 is 15.4 Å². The summed E-state index contributed by atoms with van der Waals surface area (Å²) in [5.41, 5.74) is 4.94. The number of benzene rings is 2. The Hall–Kier alpha value is -5.59. The molecule has 1 saturated heterocycles. The maximum Gasteiger partial charge on any atom is 0.407 e. The molecule has 2 amide bonds. The molecule has 9 rings (SSSR count). The summed E-state index contributed by atoms with van der Waals surface area (Å²) in [7, 11) is 2.91. The lowest BCUT2D eigenvalue weighted by molar-refractivity contribution is -0.135. The number of H-pyrrole nitrogens is 2. The summed E-state index contributed by atoms with van der Waals surface area (Å²) in [6.45, 7) is 11.8. The second kappa shape index (κ2) is 20.2. The molecule has 3 aliphatic rings. The van der Waals surface area contributed by atoms with Crippen molar-refractivity contribution in [3.05, 3.63) is 88.1 Å². The topological polar surface area (TPSA) is 175 Å². The highest BCUT2D eigenvalue weighted by molar-refractivity contribution is 7.12. The van der Waals surface area contributed by atoms with Crippen LogP contribution in [0.4, 0.5) is 9.18 Å². The number of likely N-dealkylation sites (tertiary alicyclic amines) is 1. The number of hydrogen-bond acceptors (Lipinski definition) is 11. The Bertz CT molecular complexity index is 2740. The Labute approximate surface area is 400 Å². The van der Waals surface area contributed by atoms with Gasteiger partial charge in [-0.2, -0.15) is 0 Å². The van der Waals surface area contributed by atoms with Crippen LogP contribution in [0.15, 0.2) is 60.9 Å². The van der Waals surface area contributed by atoms with Gasteiger partial charge in [0.2, 0.25) is 12.1 Å². The summed E-state index contributed by atoms with van der Waals surface area (Å²) >= 11 is 1.75. The number of nitrogens with zero attached hydrogens (tertiary/aromatic N) is 5. The number of nitrogens with one attached hydrogen (secondary N) is 4. The van der Waals surface area contributed by atoms with Gasteiger partial charge in [-0.25, -0.2) is 19.2 Å². The lowest BCUT2D eigenvalue weighted by Crippen LogP contribution is -2.52. The van der Waals surface area contributed by atoms with Crippen molar-refractivity contribution in [1.82, 2.24) is 44.9 Å². The molecular weight excluding hydrogens is 886 g/mol. The van der Waals surface area contributed by atoms with E-state index in [-0.39, 0.29) is 36.4 Å². The number of amides is 2. The number of aliphatic hydroxyl groups is 1. The van der Waals surface area contributed by atoms with Gasteiger partial charge in [-0.15, -0.1) is 11.3 Å². The van der Waals surface area contributed by atoms with Crippen molar-refractivity contribution >= 4 is 34.2 Å². The standard InChI is InChI=1S/C51H64FN9O6S/c1-8-9-18-59(48(62)46(29(4)5)58-51(64)66-7)26-43-53-24-35(56-43)31-14-15-37-33(20-31)22-39-44-34(52)21-32(23-40(44)67-50(61(37)39)42-17-16-41(68-42)30-12-13-30)36-25-54-47(57-36)38-11-10-19-60(38)49(63)45(28(2)3)55-27-65-6/h14-17,20-25,28-30,38,45-46,49-50,55,63H,8-13,18-19,26-27H2,1-7H3,(H,53,56)(H,54,57)(H,58,64). The van der Waals surface area contributed by atoms with E-state index in [0.717, 1.165) is 65.1 Å². The van der Waals surface area contributed by atoms with E-state index < -0.39 is 30.4 Å². The third kappa shape index (κ3) is 9.55. The van der Waals surface area contributed by atoms with E-state index in [9.17, 15) is 14.7 Å². The lowest BCUT2D eigenvalue weighted by Gasteiger charge is -2.36. The summed E-state index contributed by atoms with van der Waals surface area (Å²) in [6.07, 6.45) is 7.38. The van der Waals surface area contributed by atoms with Crippen molar-refractivity contribution in [2.24, 2.45) is 11.8 Å². The van der Waals surface area contributed by atoms with E-state index in [1.165, 1.54) is 24.8 Å². The number of aromatic amines is 2. The molecule has 2 aromatic carbocycles. The first-order valence-electron chi connectivity index (χ1n) is 24.0. The third-order valence-corrected chi connectivity index (χ3v) is 14.9. The normalized spacial score (nSPS) is 18.4. The summed E-state index contributed by atoms with van der Waals surface area (Å²) < 4.78 is 36.0. The van der Waals surface area contributed by atoms with E-state index in [1.807, 2.05) is 38.1 Å². The highest BCUT2D eigenvalue weighted by Gasteiger charge is 2.39. The Morgan fingerprint density at radius 2 is 1.76 bits per heavy atom. The summed E-state index contributed by atoms with van der Waals surface area (Å²) in [5, 5.41) is 18.5. The molecule has 1 saturated carbocycles. The van der Waals surface area contributed by atoms with Gasteiger partial charge in [0.05, 0.1) is 77.9 Å². The minimum absolute atomic E-state index is 0.134.